The lowest BCUT2D eigenvalue weighted by Crippen LogP contribution is -2.14. The number of benzene rings is 2. The van der Waals surface area contributed by atoms with Crippen LogP contribution >= 0.6 is 11.8 Å². The summed E-state index contributed by atoms with van der Waals surface area (Å²) in [5.74, 6) is -0.500. The van der Waals surface area contributed by atoms with Gasteiger partial charge in [-0.15, -0.1) is 11.8 Å². The fourth-order valence-electron chi connectivity index (χ4n) is 1.77. The highest BCUT2D eigenvalue weighted by Gasteiger charge is 2.15. The summed E-state index contributed by atoms with van der Waals surface area (Å²) in [6.45, 7) is 0. The molecular weight excluding hydrogens is 323 g/mol. The molecule has 2 rings (SSSR count). The van der Waals surface area contributed by atoms with E-state index in [1.165, 1.54) is 17.8 Å². The Morgan fingerprint density at radius 3 is 2.83 bits per heavy atom. The third-order valence-corrected chi connectivity index (χ3v) is 3.83. The maximum Gasteiger partial charge on any atom is 0.306 e. The lowest BCUT2D eigenvalue weighted by molar-refractivity contribution is -0.387. The van der Waals surface area contributed by atoms with Crippen molar-refractivity contribution in [3.63, 3.8) is 0 Å². The predicted octanol–water partition coefficient (Wildman–Crippen LogP) is 3.47. The van der Waals surface area contributed by atoms with Crippen LogP contribution in [0.15, 0.2) is 47.4 Å². The zero-order chi connectivity index (χ0) is 16.8. The van der Waals surface area contributed by atoms with E-state index < -0.39 is 16.4 Å². The molecule has 0 radical (unpaired) electrons. The molecule has 2 aromatic carbocycles. The van der Waals surface area contributed by atoms with Crippen molar-refractivity contribution in [1.82, 2.24) is 0 Å². The van der Waals surface area contributed by atoms with Gasteiger partial charge in [-0.2, -0.15) is 4.39 Å². The highest BCUT2D eigenvalue weighted by Crippen LogP contribution is 2.24. The van der Waals surface area contributed by atoms with E-state index in [0.717, 1.165) is 17.0 Å². The Kier molecular flexibility index (Phi) is 5.53. The molecule has 0 aliphatic carbocycles. The van der Waals surface area contributed by atoms with E-state index in [4.69, 9.17) is 4.74 Å². The van der Waals surface area contributed by atoms with Gasteiger partial charge in [0.15, 0.2) is 0 Å². The minimum absolute atomic E-state index is 0.109. The molecule has 1 N–H and O–H groups in total. The number of nitrogens with zero attached hydrogens (tertiary/aromatic N) is 1. The van der Waals surface area contributed by atoms with E-state index in [1.807, 2.05) is 12.1 Å². The molecule has 6 nitrogen and oxygen atoms in total. The Balaban J connectivity index is 1.97. The summed E-state index contributed by atoms with van der Waals surface area (Å²) >= 11 is 1.29. The van der Waals surface area contributed by atoms with Gasteiger partial charge in [0.2, 0.25) is 11.7 Å². The Bertz CT molecular complexity index is 739. The fraction of sp³-hybridized carbons (Fsp3) is 0.133. The van der Waals surface area contributed by atoms with Crippen molar-refractivity contribution in [3.05, 3.63) is 58.4 Å². The van der Waals surface area contributed by atoms with Crippen LogP contribution in [0.1, 0.15) is 0 Å². The normalized spacial score (nSPS) is 10.2. The van der Waals surface area contributed by atoms with E-state index in [1.54, 1.807) is 19.2 Å². The van der Waals surface area contributed by atoms with Crippen molar-refractivity contribution >= 4 is 29.0 Å². The molecule has 0 unspecified atom stereocenters. The Morgan fingerprint density at radius 1 is 1.35 bits per heavy atom. The summed E-state index contributed by atoms with van der Waals surface area (Å²) < 4.78 is 18.3. The maximum absolute atomic E-state index is 13.2. The van der Waals surface area contributed by atoms with E-state index in [2.05, 4.69) is 5.32 Å². The predicted molar refractivity (Wildman–Crippen MR) is 85.4 cm³/mol. The van der Waals surface area contributed by atoms with E-state index in [9.17, 15) is 19.3 Å². The molecule has 0 aliphatic rings. The molecule has 0 fully saturated rings. The minimum atomic E-state index is -0.946. The largest absolute Gasteiger partial charge is 0.497 e. The number of thioether (sulfide) groups is 1. The van der Waals surface area contributed by atoms with Crippen molar-refractivity contribution < 1.29 is 18.8 Å². The van der Waals surface area contributed by atoms with Crippen LogP contribution in [-0.2, 0) is 4.79 Å². The van der Waals surface area contributed by atoms with Crippen molar-refractivity contribution in [1.29, 1.82) is 0 Å². The van der Waals surface area contributed by atoms with Gasteiger partial charge >= 0.3 is 5.69 Å². The van der Waals surface area contributed by atoms with Crippen molar-refractivity contribution in [3.8, 4) is 5.75 Å². The first-order chi connectivity index (χ1) is 11.0. The van der Waals surface area contributed by atoms with Gasteiger partial charge in [-0.25, -0.2) is 0 Å². The number of amides is 1. The van der Waals surface area contributed by atoms with Gasteiger partial charge in [-0.1, -0.05) is 6.07 Å². The molecule has 8 heteroatoms. The summed E-state index contributed by atoms with van der Waals surface area (Å²) in [7, 11) is 1.55. The number of carbonyl (C=O) groups excluding carboxylic acids is 1. The number of hydrogen-bond donors (Lipinski definition) is 1. The Labute approximate surface area is 135 Å². The number of nitrogens with one attached hydrogen (secondary N) is 1. The average Bonchev–Trinajstić information content (AvgIpc) is 2.54. The zero-order valence-corrected chi connectivity index (χ0v) is 12.9. The molecular formula is C15H13FN2O4S. The molecule has 0 atom stereocenters. The number of nitro groups is 1. The highest BCUT2D eigenvalue weighted by atomic mass is 32.2. The molecule has 2 aromatic rings. The Morgan fingerprint density at radius 2 is 2.13 bits per heavy atom. The number of anilines is 1. The topological polar surface area (TPSA) is 81.5 Å². The van der Waals surface area contributed by atoms with Crippen LogP contribution in [-0.4, -0.2) is 23.7 Å². The fourth-order valence-corrected chi connectivity index (χ4v) is 2.51. The molecule has 0 aliphatic heterocycles. The van der Waals surface area contributed by atoms with Gasteiger partial charge in [0.05, 0.1) is 17.8 Å². The molecule has 0 heterocycles. The number of rotatable bonds is 6. The molecule has 23 heavy (non-hydrogen) atoms. The summed E-state index contributed by atoms with van der Waals surface area (Å²) in [6.07, 6.45) is 0. The van der Waals surface area contributed by atoms with Crippen molar-refractivity contribution in [2.45, 2.75) is 4.90 Å². The van der Waals surface area contributed by atoms with Crippen molar-refractivity contribution in [2.24, 2.45) is 0 Å². The molecule has 0 saturated carbocycles. The summed E-state index contributed by atoms with van der Waals surface area (Å²) in [4.78, 5) is 22.6. The standard InChI is InChI=1S/C15H13FN2O4S/c1-22-11-3-2-4-12(8-11)23-9-15(19)17-10-5-6-13(16)14(7-10)18(20)21/h2-8H,9H2,1H3,(H,17,19). The van der Waals surface area contributed by atoms with Gasteiger partial charge in [-0.05, 0) is 30.3 Å². The second kappa shape index (κ2) is 7.59. The average molecular weight is 336 g/mol. The van der Waals surface area contributed by atoms with Crippen LogP contribution in [0.2, 0.25) is 0 Å². The smallest absolute Gasteiger partial charge is 0.306 e. The number of halogens is 1. The third-order valence-electron chi connectivity index (χ3n) is 2.84. The summed E-state index contributed by atoms with van der Waals surface area (Å²) in [5, 5.41) is 13.2. The van der Waals surface area contributed by atoms with Crippen LogP contribution in [0.4, 0.5) is 15.8 Å². The van der Waals surface area contributed by atoms with Gasteiger partial charge in [-0.3, -0.25) is 14.9 Å². The third kappa shape index (κ3) is 4.68. The molecule has 0 aromatic heterocycles. The SMILES string of the molecule is COc1cccc(SCC(=O)Nc2ccc(F)c([N+](=O)[O-])c2)c1. The van der Waals surface area contributed by atoms with Crippen molar-refractivity contribution in [2.75, 3.05) is 18.2 Å². The number of ether oxygens (including phenoxy) is 1. The van der Waals surface area contributed by atoms with E-state index >= 15 is 0 Å². The number of carbonyl (C=O) groups is 1. The van der Waals surface area contributed by atoms with E-state index in [0.29, 0.717) is 5.75 Å². The molecule has 120 valence electrons. The molecule has 0 saturated heterocycles. The lowest BCUT2D eigenvalue weighted by atomic mass is 10.2. The first-order valence-electron chi connectivity index (χ1n) is 6.50. The first-order valence-corrected chi connectivity index (χ1v) is 7.49. The van der Waals surface area contributed by atoms with Gasteiger partial charge in [0.25, 0.3) is 0 Å². The molecule has 1 amide bonds. The van der Waals surface area contributed by atoms with Crippen LogP contribution in [0.25, 0.3) is 0 Å². The second-order valence-electron chi connectivity index (χ2n) is 4.44. The van der Waals surface area contributed by atoms with Crippen LogP contribution in [0, 0.1) is 15.9 Å². The minimum Gasteiger partial charge on any atom is -0.497 e. The molecule has 0 spiro atoms. The molecule has 0 bridgehead atoms. The maximum atomic E-state index is 13.2. The van der Waals surface area contributed by atoms with E-state index in [-0.39, 0.29) is 17.3 Å². The second-order valence-corrected chi connectivity index (χ2v) is 5.49. The van der Waals surface area contributed by atoms with Crippen LogP contribution < -0.4 is 10.1 Å². The number of nitro benzene ring substituents is 1. The summed E-state index contributed by atoms with van der Waals surface area (Å²) in [5.41, 5.74) is -0.502. The van der Waals surface area contributed by atoms with Gasteiger partial charge in [0, 0.05) is 16.6 Å². The highest BCUT2D eigenvalue weighted by molar-refractivity contribution is 8.00. The van der Waals surface area contributed by atoms with Gasteiger partial charge in [0.1, 0.15) is 5.75 Å². The quantitative estimate of drug-likeness (QED) is 0.496. The first kappa shape index (κ1) is 16.8. The monoisotopic (exact) mass is 336 g/mol. The zero-order valence-electron chi connectivity index (χ0n) is 12.1. The summed E-state index contributed by atoms with van der Waals surface area (Å²) in [6, 6.07) is 10.4. The number of hydrogen-bond acceptors (Lipinski definition) is 5. The lowest BCUT2D eigenvalue weighted by Gasteiger charge is -2.06. The van der Waals surface area contributed by atoms with Crippen LogP contribution in [0.3, 0.4) is 0 Å². The Hall–Kier alpha value is -2.61. The van der Waals surface area contributed by atoms with Gasteiger partial charge < -0.3 is 10.1 Å². The van der Waals surface area contributed by atoms with Crippen LogP contribution in [0.5, 0.6) is 5.75 Å². The number of methoxy groups -OCH3 is 1.